The maximum atomic E-state index is 12.9. The second-order valence-corrected chi connectivity index (χ2v) is 10.7. The van der Waals surface area contributed by atoms with Gasteiger partial charge in [-0.3, -0.25) is 14.5 Å². The van der Waals surface area contributed by atoms with E-state index in [-0.39, 0.29) is 41.7 Å². The Morgan fingerprint density at radius 1 is 1.25 bits per heavy atom. The fraction of sp³-hybridized carbons (Fsp3) is 0.632. The van der Waals surface area contributed by atoms with Crippen molar-refractivity contribution in [3.05, 3.63) is 23.0 Å². The molecule has 28 heavy (non-hydrogen) atoms. The minimum atomic E-state index is -3.05. The van der Waals surface area contributed by atoms with E-state index < -0.39 is 21.4 Å². The van der Waals surface area contributed by atoms with Gasteiger partial charge in [0.2, 0.25) is 0 Å². The highest BCUT2D eigenvalue weighted by atomic mass is 32.2. The second-order valence-electron chi connectivity index (χ2n) is 8.43. The van der Waals surface area contributed by atoms with Crippen LogP contribution in [0.3, 0.4) is 0 Å². The third kappa shape index (κ3) is 2.96. The summed E-state index contributed by atoms with van der Waals surface area (Å²) in [6.07, 6.45) is 2.32. The van der Waals surface area contributed by atoms with Crippen molar-refractivity contribution >= 4 is 27.6 Å². The first kappa shape index (κ1) is 19.2. The standard InChI is InChI=1S/C19H25N3O5S/c1-11-8-15(12(2)22(11)14-6-7-28(26,27)10-14)16(23)9-21-17(24)19(3,13-4-5-13)20-18(21)25/h8,13-14H,4-7,9-10H2,1-3H3,(H,20,25)/t14-,19-/m1/s1. The Kier molecular flexibility index (Phi) is 4.22. The summed E-state index contributed by atoms with van der Waals surface area (Å²) in [5, 5.41) is 2.75. The molecule has 4 rings (SSSR count). The lowest BCUT2D eigenvalue weighted by molar-refractivity contribution is -0.131. The number of aryl methyl sites for hydroxylation is 1. The van der Waals surface area contributed by atoms with Crippen LogP contribution < -0.4 is 5.32 Å². The minimum Gasteiger partial charge on any atom is -0.344 e. The van der Waals surface area contributed by atoms with Crippen LogP contribution in [0.25, 0.3) is 0 Å². The number of carbonyl (C=O) groups excluding carboxylic acids is 3. The third-order valence-corrected chi connectivity index (χ3v) is 8.11. The summed E-state index contributed by atoms with van der Waals surface area (Å²) in [5.74, 6) is -0.296. The molecule has 0 radical (unpaired) electrons. The van der Waals surface area contributed by atoms with Crippen molar-refractivity contribution in [2.24, 2.45) is 5.92 Å². The number of amides is 3. The molecule has 1 aliphatic carbocycles. The lowest BCUT2D eigenvalue weighted by atomic mass is 9.96. The van der Waals surface area contributed by atoms with E-state index in [9.17, 15) is 22.8 Å². The number of ketones is 1. The topological polar surface area (TPSA) is 106 Å². The largest absolute Gasteiger partial charge is 0.344 e. The molecule has 1 aromatic rings. The van der Waals surface area contributed by atoms with Crippen LogP contribution in [-0.2, 0) is 14.6 Å². The molecular formula is C19H25N3O5S. The highest BCUT2D eigenvalue weighted by molar-refractivity contribution is 7.91. The van der Waals surface area contributed by atoms with E-state index in [0.717, 1.165) is 23.4 Å². The van der Waals surface area contributed by atoms with Gasteiger partial charge in [-0.25, -0.2) is 13.2 Å². The molecule has 8 nitrogen and oxygen atoms in total. The molecule has 2 atom stereocenters. The molecule has 0 spiro atoms. The van der Waals surface area contributed by atoms with Crippen LogP contribution in [0.1, 0.15) is 54.0 Å². The minimum absolute atomic E-state index is 0.0732. The number of imide groups is 1. The zero-order valence-electron chi connectivity index (χ0n) is 16.3. The van der Waals surface area contributed by atoms with Crippen molar-refractivity contribution < 1.29 is 22.8 Å². The molecule has 1 saturated carbocycles. The quantitative estimate of drug-likeness (QED) is 0.586. The van der Waals surface area contributed by atoms with Crippen LogP contribution in [0.4, 0.5) is 4.79 Å². The van der Waals surface area contributed by atoms with Crippen LogP contribution in [0.2, 0.25) is 0 Å². The van der Waals surface area contributed by atoms with Gasteiger partial charge in [-0.15, -0.1) is 0 Å². The smallest absolute Gasteiger partial charge is 0.325 e. The molecule has 152 valence electrons. The third-order valence-electron chi connectivity index (χ3n) is 6.36. The normalized spacial score (nSPS) is 29.4. The number of aromatic nitrogens is 1. The van der Waals surface area contributed by atoms with Gasteiger partial charge in [0, 0.05) is 23.0 Å². The highest BCUT2D eigenvalue weighted by Crippen LogP contribution is 2.42. The molecule has 9 heteroatoms. The Morgan fingerprint density at radius 3 is 2.50 bits per heavy atom. The van der Waals surface area contributed by atoms with Crippen LogP contribution in [-0.4, -0.2) is 59.2 Å². The molecule has 3 fully saturated rings. The summed E-state index contributed by atoms with van der Waals surface area (Å²) in [7, 11) is -3.05. The molecule has 3 amide bonds. The average Bonchev–Trinajstić information content (AvgIpc) is 3.30. The molecule has 1 aromatic heterocycles. The van der Waals surface area contributed by atoms with Crippen LogP contribution in [0.5, 0.6) is 0 Å². The van der Waals surface area contributed by atoms with Gasteiger partial charge in [-0.1, -0.05) is 0 Å². The second kappa shape index (κ2) is 6.17. The van der Waals surface area contributed by atoms with Gasteiger partial charge < -0.3 is 9.88 Å². The van der Waals surface area contributed by atoms with Crippen molar-refractivity contribution in [1.29, 1.82) is 0 Å². The Bertz CT molecular complexity index is 991. The first-order chi connectivity index (χ1) is 13.0. The van der Waals surface area contributed by atoms with Gasteiger partial charge in [-0.2, -0.15) is 0 Å². The Labute approximate surface area is 164 Å². The summed E-state index contributed by atoms with van der Waals surface area (Å²) in [6.45, 7) is 5.04. The highest BCUT2D eigenvalue weighted by Gasteiger charge is 2.56. The lowest BCUT2D eigenvalue weighted by Gasteiger charge is -2.20. The van der Waals surface area contributed by atoms with Crippen LogP contribution in [0, 0.1) is 19.8 Å². The summed E-state index contributed by atoms with van der Waals surface area (Å²) >= 11 is 0. The predicted octanol–water partition coefficient (Wildman–Crippen LogP) is 1.37. The SMILES string of the molecule is Cc1cc(C(=O)CN2C(=O)N[C@](C)(C3CC3)C2=O)c(C)n1[C@@H]1CCS(=O)(=O)C1. The number of sulfone groups is 1. The summed E-state index contributed by atoms with van der Waals surface area (Å²) in [5.41, 5.74) is 1.01. The van der Waals surface area contributed by atoms with Gasteiger partial charge in [0.05, 0.1) is 18.1 Å². The van der Waals surface area contributed by atoms with E-state index in [1.807, 2.05) is 11.5 Å². The van der Waals surface area contributed by atoms with Crippen LogP contribution >= 0.6 is 0 Å². The van der Waals surface area contributed by atoms with Gasteiger partial charge >= 0.3 is 6.03 Å². The van der Waals surface area contributed by atoms with Gasteiger partial charge in [-0.05, 0) is 52.0 Å². The molecule has 3 aliphatic rings. The van der Waals surface area contributed by atoms with Crippen molar-refractivity contribution in [3.8, 4) is 0 Å². The Hall–Kier alpha value is -2.16. The Balaban J connectivity index is 1.55. The molecule has 0 unspecified atom stereocenters. The maximum absolute atomic E-state index is 12.9. The molecule has 2 saturated heterocycles. The van der Waals surface area contributed by atoms with Crippen molar-refractivity contribution in [2.45, 2.75) is 51.6 Å². The molecule has 0 aromatic carbocycles. The molecule has 3 heterocycles. The van der Waals surface area contributed by atoms with E-state index in [2.05, 4.69) is 5.32 Å². The number of Topliss-reactive ketones (excluding diaryl/α,β-unsaturated/α-hetero) is 1. The van der Waals surface area contributed by atoms with Crippen LogP contribution in [0.15, 0.2) is 6.07 Å². The first-order valence-electron chi connectivity index (χ1n) is 9.59. The molecule has 1 N–H and O–H groups in total. The number of carbonyl (C=O) groups is 3. The number of nitrogens with zero attached hydrogens (tertiary/aromatic N) is 2. The first-order valence-corrected chi connectivity index (χ1v) is 11.4. The summed E-state index contributed by atoms with van der Waals surface area (Å²) in [6, 6.07) is 1.02. The van der Waals surface area contributed by atoms with Crippen molar-refractivity contribution in [1.82, 2.24) is 14.8 Å². The fourth-order valence-electron chi connectivity index (χ4n) is 4.63. The number of rotatable bonds is 5. The van der Waals surface area contributed by atoms with Gasteiger partial charge in [0.15, 0.2) is 15.6 Å². The predicted molar refractivity (Wildman–Crippen MR) is 102 cm³/mol. The van der Waals surface area contributed by atoms with E-state index in [1.165, 1.54) is 0 Å². The molecule has 0 bridgehead atoms. The average molecular weight is 407 g/mol. The van der Waals surface area contributed by atoms with E-state index in [4.69, 9.17) is 0 Å². The van der Waals surface area contributed by atoms with Gasteiger partial charge in [0.25, 0.3) is 5.91 Å². The number of hydrogen-bond donors (Lipinski definition) is 1. The fourth-order valence-corrected chi connectivity index (χ4v) is 6.33. The van der Waals surface area contributed by atoms with E-state index in [0.29, 0.717) is 17.7 Å². The number of nitrogens with one attached hydrogen (secondary N) is 1. The number of urea groups is 1. The number of hydrogen-bond acceptors (Lipinski definition) is 5. The Morgan fingerprint density at radius 2 is 1.93 bits per heavy atom. The van der Waals surface area contributed by atoms with Gasteiger partial charge in [0.1, 0.15) is 5.54 Å². The lowest BCUT2D eigenvalue weighted by Crippen LogP contribution is -2.46. The molecular weight excluding hydrogens is 382 g/mol. The monoisotopic (exact) mass is 407 g/mol. The van der Waals surface area contributed by atoms with E-state index in [1.54, 1.807) is 19.9 Å². The molecule has 2 aliphatic heterocycles. The maximum Gasteiger partial charge on any atom is 0.325 e. The zero-order valence-corrected chi connectivity index (χ0v) is 17.1. The van der Waals surface area contributed by atoms with Crippen molar-refractivity contribution in [3.63, 3.8) is 0 Å². The summed E-state index contributed by atoms with van der Waals surface area (Å²) in [4.78, 5) is 39.0. The summed E-state index contributed by atoms with van der Waals surface area (Å²) < 4.78 is 25.6. The van der Waals surface area contributed by atoms with E-state index >= 15 is 0 Å². The zero-order chi connectivity index (χ0) is 20.4. The van der Waals surface area contributed by atoms with Crippen molar-refractivity contribution in [2.75, 3.05) is 18.1 Å².